The molecule has 4 N–H and O–H groups in total. The van der Waals surface area contributed by atoms with Gasteiger partial charge in [0, 0.05) is 18.2 Å². The largest absolute Gasteiger partial charge is 0.439 e. The fourth-order valence-electron chi connectivity index (χ4n) is 1.33. The Morgan fingerprint density at radius 3 is 2.58 bits per heavy atom. The second-order valence-corrected chi connectivity index (χ2v) is 3.46. The van der Waals surface area contributed by atoms with E-state index in [0.717, 1.165) is 12.1 Å². The molecule has 0 aliphatic rings. The molecule has 0 unspecified atom stereocenters. The zero-order chi connectivity index (χ0) is 14.0. The fraction of sp³-hybridized carbons (Fsp3) is 0. The van der Waals surface area contributed by atoms with Crippen LogP contribution in [0.5, 0.6) is 11.6 Å². The quantitative estimate of drug-likeness (QED) is 0.634. The lowest BCUT2D eigenvalue weighted by molar-refractivity contribution is -0.387. The highest BCUT2D eigenvalue weighted by Gasteiger charge is 2.15. The van der Waals surface area contributed by atoms with Crippen LogP contribution in [0.4, 0.5) is 21.8 Å². The third-order valence-electron chi connectivity index (χ3n) is 2.08. The number of hydrogen-bond acceptors (Lipinski definition) is 7. The van der Waals surface area contributed by atoms with Gasteiger partial charge in [-0.2, -0.15) is 14.4 Å². The second-order valence-electron chi connectivity index (χ2n) is 3.46. The first-order valence-corrected chi connectivity index (χ1v) is 4.97. The van der Waals surface area contributed by atoms with Gasteiger partial charge in [-0.25, -0.2) is 0 Å². The Labute approximate surface area is 106 Å². The predicted molar refractivity (Wildman–Crippen MR) is 64.0 cm³/mol. The maximum Gasteiger partial charge on any atom is 0.305 e. The lowest BCUT2D eigenvalue weighted by atomic mass is 10.3. The molecule has 2 rings (SSSR count). The van der Waals surface area contributed by atoms with E-state index in [4.69, 9.17) is 16.2 Å². The van der Waals surface area contributed by atoms with Crippen LogP contribution in [0.2, 0.25) is 0 Å². The van der Waals surface area contributed by atoms with E-state index in [-0.39, 0.29) is 23.4 Å². The van der Waals surface area contributed by atoms with Gasteiger partial charge >= 0.3 is 5.69 Å². The van der Waals surface area contributed by atoms with Crippen LogP contribution in [0, 0.1) is 15.9 Å². The number of nitrogens with two attached hydrogens (primary N) is 2. The number of aromatic nitrogens is 2. The normalized spacial score (nSPS) is 10.2. The highest BCUT2D eigenvalue weighted by atomic mass is 19.1. The Morgan fingerprint density at radius 1 is 1.26 bits per heavy atom. The first-order valence-electron chi connectivity index (χ1n) is 4.97. The zero-order valence-electron chi connectivity index (χ0n) is 9.41. The number of nitro benzene ring substituents is 1. The van der Waals surface area contributed by atoms with Crippen molar-refractivity contribution in [2.75, 3.05) is 11.5 Å². The molecule has 0 radical (unpaired) electrons. The van der Waals surface area contributed by atoms with E-state index in [1.807, 2.05) is 0 Å². The topological polar surface area (TPSA) is 130 Å². The smallest absolute Gasteiger partial charge is 0.305 e. The summed E-state index contributed by atoms with van der Waals surface area (Å²) in [5, 5.41) is 10.5. The maximum absolute atomic E-state index is 13.4. The molecule has 0 atom stereocenters. The van der Waals surface area contributed by atoms with Gasteiger partial charge in [0.25, 0.3) is 0 Å². The van der Waals surface area contributed by atoms with Gasteiger partial charge < -0.3 is 16.2 Å². The van der Waals surface area contributed by atoms with E-state index in [2.05, 4.69) is 9.97 Å². The molecule has 1 aromatic carbocycles. The van der Waals surface area contributed by atoms with E-state index in [0.29, 0.717) is 0 Å². The van der Waals surface area contributed by atoms with Crippen molar-refractivity contribution in [3.05, 3.63) is 40.2 Å². The van der Waals surface area contributed by atoms with Crippen molar-refractivity contribution >= 4 is 17.5 Å². The van der Waals surface area contributed by atoms with Gasteiger partial charge in [-0.3, -0.25) is 10.1 Å². The number of halogens is 1. The van der Waals surface area contributed by atoms with Gasteiger partial charge in [-0.1, -0.05) is 0 Å². The van der Waals surface area contributed by atoms with Gasteiger partial charge in [0.1, 0.15) is 11.6 Å². The summed E-state index contributed by atoms with van der Waals surface area (Å²) < 4.78 is 18.5. The number of nitrogen functional groups attached to an aromatic ring is 2. The molecule has 0 saturated carbocycles. The molecule has 0 amide bonds. The maximum atomic E-state index is 13.4. The number of hydrogen-bond donors (Lipinski definition) is 2. The summed E-state index contributed by atoms with van der Waals surface area (Å²) in [4.78, 5) is 17.0. The SMILES string of the molecule is Nc1cc(Oc2ccc([N+](=O)[O-])c(F)c2)nc(N)n1. The van der Waals surface area contributed by atoms with Crippen molar-refractivity contribution in [3.8, 4) is 11.6 Å². The molecule has 0 spiro atoms. The number of benzene rings is 1. The minimum Gasteiger partial charge on any atom is -0.439 e. The molecule has 0 aliphatic carbocycles. The number of nitrogens with zero attached hydrogens (tertiary/aromatic N) is 3. The van der Waals surface area contributed by atoms with Crippen LogP contribution < -0.4 is 16.2 Å². The zero-order valence-corrected chi connectivity index (χ0v) is 9.41. The predicted octanol–water partition coefficient (Wildman–Crippen LogP) is 1.48. The molecular weight excluding hydrogens is 257 g/mol. The van der Waals surface area contributed by atoms with Crippen LogP contribution in [-0.2, 0) is 0 Å². The van der Waals surface area contributed by atoms with Crippen molar-refractivity contribution < 1.29 is 14.1 Å². The number of anilines is 2. The average molecular weight is 265 g/mol. The third kappa shape index (κ3) is 2.83. The Hall–Kier alpha value is -2.97. The van der Waals surface area contributed by atoms with Crippen molar-refractivity contribution in [3.63, 3.8) is 0 Å². The highest BCUT2D eigenvalue weighted by Crippen LogP contribution is 2.26. The summed E-state index contributed by atoms with van der Waals surface area (Å²) in [6.07, 6.45) is 0. The highest BCUT2D eigenvalue weighted by molar-refractivity contribution is 5.42. The monoisotopic (exact) mass is 265 g/mol. The molecule has 0 bridgehead atoms. The van der Waals surface area contributed by atoms with Crippen LogP contribution in [0.3, 0.4) is 0 Å². The van der Waals surface area contributed by atoms with Crippen molar-refractivity contribution in [1.82, 2.24) is 9.97 Å². The number of rotatable bonds is 3. The van der Waals surface area contributed by atoms with Gasteiger partial charge in [0.15, 0.2) is 0 Å². The average Bonchev–Trinajstić information content (AvgIpc) is 2.26. The van der Waals surface area contributed by atoms with Crippen LogP contribution in [-0.4, -0.2) is 14.9 Å². The molecule has 0 aliphatic heterocycles. The van der Waals surface area contributed by atoms with Gasteiger partial charge in [-0.15, -0.1) is 0 Å². The Morgan fingerprint density at radius 2 is 2.00 bits per heavy atom. The fourth-order valence-corrected chi connectivity index (χ4v) is 1.33. The molecule has 9 heteroatoms. The van der Waals surface area contributed by atoms with Crippen molar-refractivity contribution in [2.45, 2.75) is 0 Å². The Bertz CT molecular complexity index is 629. The second kappa shape index (κ2) is 4.72. The van der Waals surface area contributed by atoms with Crippen molar-refractivity contribution in [2.24, 2.45) is 0 Å². The summed E-state index contributed by atoms with van der Waals surface area (Å²) in [6, 6.07) is 4.37. The molecule has 8 nitrogen and oxygen atoms in total. The molecule has 2 aromatic rings. The van der Waals surface area contributed by atoms with Crippen LogP contribution in [0.25, 0.3) is 0 Å². The van der Waals surface area contributed by atoms with Crippen LogP contribution in [0.15, 0.2) is 24.3 Å². The Balaban J connectivity index is 2.28. The van der Waals surface area contributed by atoms with E-state index in [1.165, 1.54) is 12.1 Å². The number of nitro groups is 1. The molecule has 0 fully saturated rings. The first-order chi connectivity index (χ1) is 8.95. The summed E-state index contributed by atoms with van der Waals surface area (Å²) >= 11 is 0. The minimum absolute atomic E-state index is 0.0123. The summed E-state index contributed by atoms with van der Waals surface area (Å²) in [6.45, 7) is 0. The van der Waals surface area contributed by atoms with Gasteiger partial charge in [0.05, 0.1) is 4.92 Å². The number of ether oxygens (including phenoxy) is 1. The lowest BCUT2D eigenvalue weighted by Gasteiger charge is -2.05. The van der Waals surface area contributed by atoms with Gasteiger partial charge in [0.2, 0.25) is 17.6 Å². The first kappa shape index (κ1) is 12.5. The van der Waals surface area contributed by atoms with E-state index in [9.17, 15) is 14.5 Å². The third-order valence-corrected chi connectivity index (χ3v) is 2.08. The minimum atomic E-state index is -1.02. The molecular formula is C10H8FN5O3. The molecule has 98 valence electrons. The van der Waals surface area contributed by atoms with Crippen LogP contribution >= 0.6 is 0 Å². The summed E-state index contributed by atoms with van der Waals surface area (Å²) in [7, 11) is 0. The van der Waals surface area contributed by atoms with Crippen LogP contribution in [0.1, 0.15) is 0 Å². The summed E-state index contributed by atoms with van der Waals surface area (Å²) in [5.74, 6) is -0.987. The Kier molecular flexibility index (Phi) is 3.10. The van der Waals surface area contributed by atoms with Gasteiger partial charge in [-0.05, 0) is 6.07 Å². The molecule has 0 saturated heterocycles. The van der Waals surface area contributed by atoms with E-state index >= 15 is 0 Å². The van der Waals surface area contributed by atoms with Crippen molar-refractivity contribution in [1.29, 1.82) is 0 Å². The standard InChI is InChI=1S/C10H8FN5O3/c11-6-3-5(1-2-7(6)16(17)18)19-9-4-8(12)14-10(13)15-9/h1-4H,(H4,12,13,14,15). The lowest BCUT2D eigenvalue weighted by Crippen LogP contribution is -2.01. The van der Waals surface area contributed by atoms with E-state index in [1.54, 1.807) is 0 Å². The van der Waals surface area contributed by atoms with E-state index < -0.39 is 16.4 Å². The molecule has 1 heterocycles. The summed E-state index contributed by atoms with van der Waals surface area (Å²) in [5.41, 5.74) is 10.1. The molecule has 19 heavy (non-hydrogen) atoms. The molecule has 1 aromatic heterocycles.